The molecule has 0 amide bonds. The van der Waals surface area contributed by atoms with Crippen LogP contribution in [0, 0.1) is 11.3 Å². The molecule has 4 heteroatoms. The first kappa shape index (κ1) is 12.6. The van der Waals surface area contributed by atoms with E-state index in [9.17, 15) is 0 Å². The summed E-state index contributed by atoms with van der Waals surface area (Å²) >= 11 is 0. The highest BCUT2D eigenvalue weighted by Gasteiger charge is 2.01. The van der Waals surface area contributed by atoms with Gasteiger partial charge in [-0.2, -0.15) is 5.26 Å². The molecule has 0 N–H and O–H groups in total. The van der Waals surface area contributed by atoms with Crippen LogP contribution in [0.4, 0.5) is 0 Å². The predicted molar refractivity (Wildman–Crippen MR) is 69.3 cm³/mol. The summed E-state index contributed by atoms with van der Waals surface area (Å²) < 4.78 is 12.5. The Morgan fingerprint density at radius 3 is 2.89 bits per heavy atom. The van der Waals surface area contributed by atoms with Crippen molar-refractivity contribution in [3.63, 3.8) is 0 Å². The number of hydrogen-bond donors (Lipinski definition) is 0. The van der Waals surface area contributed by atoms with Gasteiger partial charge in [0.05, 0.1) is 31.5 Å². The molecule has 2 aromatic rings. The van der Waals surface area contributed by atoms with Gasteiger partial charge in [-0.1, -0.05) is 0 Å². The van der Waals surface area contributed by atoms with Crippen molar-refractivity contribution in [2.24, 2.45) is 0 Å². The van der Waals surface area contributed by atoms with Crippen molar-refractivity contribution in [3.05, 3.63) is 36.0 Å². The van der Waals surface area contributed by atoms with Gasteiger partial charge < -0.3 is 14.0 Å². The van der Waals surface area contributed by atoms with Crippen LogP contribution in [0.1, 0.15) is 5.56 Å². The number of aromatic nitrogens is 1. The van der Waals surface area contributed by atoms with Crippen LogP contribution in [0.15, 0.2) is 30.5 Å². The molecule has 0 spiro atoms. The molecule has 0 saturated carbocycles. The van der Waals surface area contributed by atoms with Crippen LogP contribution >= 0.6 is 0 Å². The Hall–Kier alpha value is -1.83. The summed E-state index contributed by atoms with van der Waals surface area (Å²) in [5.74, 6) is 0. The Labute approximate surface area is 106 Å². The van der Waals surface area contributed by atoms with Crippen LogP contribution in [-0.4, -0.2) is 31.5 Å². The van der Waals surface area contributed by atoms with E-state index in [4.69, 9.17) is 14.7 Å². The van der Waals surface area contributed by atoms with Crippen LogP contribution in [0.25, 0.3) is 10.9 Å². The number of nitriles is 1. The van der Waals surface area contributed by atoms with E-state index in [1.807, 2.05) is 30.5 Å². The molecule has 2 rings (SSSR count). The number of nitrogens with zero attached hydrogens (tertiary/aromatic N) is 2. The topological polar surface area (TPSA) is 47.2 Å². The number of ether oxygens (including phenoxy) is 2. The fraction of sp³-hybridized carbons (Fsp3) is 0.357. The van der Waals surface area contributed by atoms with E-state index in [0.717, 1.165) is 17.4 Å². The monoisotopic (exact) mass is 244 g/mol. The summed E-state index contributed by atoms with van der Waals surface area (Å²) in [7, 11) is 1.66. The van der Waals surface area contributed by atoms with Gasteiger partial charge in [0.2, 0.25) is 0 Å². The number of benzene rings is 1. The number of methoxy groups -OCH3 is 1. The van der Waals surface area contributed by atoms with Crippen molar-refractivity contribution in [3.8, 4) is 6.07 Å². The van der Waals surface area contributed by atoms with Gasteiger partial charge in [-0.25, -0.2) is 0 Å². The average molecular weight is 244 g/mol. The minimum atomic E-state index is 0.619. The third kappa shape index (κ3) is 2.89. The second-order valence-corrected chi connectivity index (χ2v) is 4.00. The maximum absolute atomic E-state index is 8.84. The summed E-state index contributed by atoms with van der Waals surface area (Å²) in [5, 5.41) is 9.93. The normalized spacial score (nSPS) is 10.7. The van der Waals surface area contributed by atoms with Crippen molar-refractivity contribution in [2.45, 2.75) is 6.54 Å². The lowest BCUT2D eigenvalue weighted by atomic mass is 10.2. The van der Waals surface area contributed by atoms with Gasteiger partial charge in [-0.05, 0) is 24.3 Å². The van der Waals surface area contributed by atoms with E-state index >= 15 is 0 Å². The summed E-state index contributed by atoms with van der Waals surface area (Å²) in [6.45, 7) is 2.71. The van der Waals surface area contributed by atoms with Crippen LogP contribution < -0.4 is 0 Å². The molecule has 1 aromatic carbocycles. The zero-order chi connectivity index (χ0) is 12.8. The molecule has 94 valence electrons. The van der Waals surface area contributed by atoms with Gasteiger partial charge in [0.15, 0.2) is 0 Å². The minimum Gasteiger partial charge on any atom is -0.382 e. The Balaban J connectivity index is 1.99. The molecule has 0 radical (unpaired) electrons. The first-order valence-corrected chi connectivity index (χ1v) is 5.91. The van der Waals surface area contributed by atoms with E-state index in [0.29, 0.717) is 25.4 Å². The first-order chi connectivity index (χ1) is 8.85. The fourth-order valence-electron chi connectivity index (χ4n) is 1.87. The summed E-state index contributed by atoms with van der Waals surface area (Å²) in [4.78, 5) is 0. The second-order valence-electron chi connectivity index (χ2n) is 4.00. The van der Waals surface area contributed by atoms with Gasteiger partial charge in [-0.15, -0.1) is 0 Å². The summed E-state index contributed by atoms with van der Waals surface area (Å²) in [6, 6.07) is 9.88. The summed E-state index contributed by atoms with van der Waals surface area (Å²) in [5.41, 5.74) is 1.82. The van der Waals surface area contributed by atoms with Crippen molar-refractivity contribution >= 4 is 10.9 Å². The van der Waals surface area contributed by atoms with E-state index in [-0.39, 0.29) is 0 Å². The lowest BCUT2D eigenvalue weighted by Crippen LogP contribution is -2.08. The molecule has 4 nitrogen and oxygen atoms in total. The fourth-order valence-corrected chi connectivity index (χ4v) is 1.87. The molecular weight excluding hydrogens is 228 g/mol. The van der Waals surface area contributed by atoms with Gasteiger partial charge in [0.1, 0.15) is 0 Å². The SMILES string of the molecule is COCCOCCn1ccc2cc(C#N)ccc21. The molecule has 0 unspecified atom stereocenters. The third-order valence-corrected chi connectivity index (χ3v) is 2.81. The zero-order valence-electron chi connectivity index (χ0n) is 10.4. The highest BCUT2D eigenvalue weighted by Crippen LogP contribution is 2.17. The predicted octanol–water partition coefficient (Wildman–Crippen LogP) is 2.18. The van der Waals surface area contributed by atoms with E-state index in [1.54, 1.807) is 7.11 Å². The average Bonchev–Trinajstić information content (AvgIpc) is 2.81. The van der Waals surface area contributed by atoms with Gasteiger partial charge in [0.25, 0.3) is 0 Å². The van der Waals surface area contributed by atoms with Crippen molar-refractivity contribution < 1.29 is 9.47 Å². The van der Waals surface area contributed by atoms with Gasteiger partial charge in [-0.3, -0.25) is 0 Å². The maximum atomic E-state index is 8.84. The molecule has 1 aromatic heterocycles. The van der Waals surface area contributed by atoms with Crippen LogP contribution in [0.2, 0.25) is 0 Å². The molecule has 0 fully saturated rings. The molecule has 0 atom stereocenters. The van der Waals surface area contributed by atoms with Gasteiger partial charge in [0, 0.05) is 30.8 Å². The molecular formula is C14H16N2O2. The lowest BCUT2D eigenvalue weighted by molar-refractivity contribution is 0.0670. The first-order valence-electron chi connectivity index (χ1n) is 5.91. The van der Waals surface area contributed by atoms with Gasteiger partial charge >= 0.3 is 0 Å². The van der Waals surface area contributed by atoms with E-state index in [2.05, 4.69) is 10.6 Å². The number of fused-ring (bicyclic) bond motifs is 1. The quantitative estimate of drug-likeness (QED) is 0.732. The lowest BCUT2D eigenvalue weighted by Gasteiger charge is -2.06. The molecule has 0 saturated heterocycles. The molecule has 0 bridgehead atoms. The Bertz CT molecular complexity index is 554. The van der Waals surface area contributed by atoms with E-state index < -0.39 is 0 Å². The van der Waals surface area contributed by atoms with Crippen LogP contribution in [-0.2, 0) is 16.0 Å². The van der Waals surface area contributed by atoms with Crippen molar-refractivity contribution in [1.82, 2.24) is 4.57 Å². The Morgan fingerprint density at radius 1 is 1.22 bits per heavy atom. The molecule has 0 aliphatic heterocycles. The maximum Gasteiger partial charge on any atom is 0.0991 e. The van der Waals surface area contributed by atoms with E-state index in [1.165, 1.54) is 0 Å². The molecule has 0 aliphatic carbocycles. The third-order valence-electron chi connectivity index (χ3n) is 2.81. The van der Waals surface area contributed by atoms with Crippen LogP contribution in [0.5, 0.6) is 0 Å². The molecule has 1 heterocycles. The number of rotatable bonds is 6. The Morgan fingerprint density at radius 2 is 2.11 bits per heavy atom. The minimum absolute atomic E-state index is 0.619. The number of hydrogen-bond acceptors (Lipinski definition) is 3. The summed E-state index contributed by atoms with van der Waals surface area (Å²) in [6.07, 6.45) is 2.02. The highest BCUT2D eigenvalue weighted by atomic mass is 16.5. The Kier molecular flexibility index (Phi) is 4.35. The highest BCUT2D eigenvalue weighted by molar-refractivity contribution is 5.81. The molecule has 0 aliphatic rings. The largest absolute Gasteiger partial charge is 0.382 e. The van der Waals surface area contributed by atoms with Crippen molar-refractivity contribution in [2.75, 3.05) is 26.9 Å². The van der Waals surface area contributed by atoms with Crippen LogP contribution in [0.3, 0.4) is 0 Å². The second kappa shape index (κ2) is 6.20. The van der Waals surface area contributed by atoms with Crippen molar-refractivity contribution in [1.29, 1.82) is 5.26 Å². The molecule has 18 heavy (non-hydrogen) atoms. The standard InChI is InChI=1S/C14H16N2O2/c1-17-8-9-18-7-6-16-5-4-13-10-12(11-15)2-3-14(13)16/h2-5,10H,6-9H2,1H3. The zero-order valence-corrected chi connectivity index (χ0v) is 10.4. The smallest absolute Gasteiger partial charge is 0.0991 e.